The molecule has 1 aliphatic carbocycles. The third kappa shape index (κ3) is 2.47. The van der Waals surface area contributed by atoms with E-state index in [-0.39, 0.29) is 24.0 Å². The van der Waals surface area contributed by atoms with Gasteiger partial charge in [-0.25, -0.2) is 8.78 Å². The first-order valence-electron chi connectivity index (χ1n) is 6.07. The molecule has 0 saturated heterocycles. The van der Waals surface area contributed by atoms with Gasteiger partial charge in [-0.1, -0.05) is 6.07 Å². The average molecular weight is 257 g/mol. The van der Waals surface area contributed by atoms with Gasteiger partial charge in [-0.3, -0.25) is 0 Å². The van der Waals surface area contributed by atoms with Crippen molar-refractivity contribution in [3.8, 4) is 5.75 Å². The van der Waals surface area contributed by atoms with E-state index < -0.39 is 11.6 Å². The smallest absolute Gasteiger partial charge is 0.191 e. The van der Waals surface area contributed by atoms with Crippen LogP contribution in [0.5, 0.6) is 5.75 Å². The summed E-state index contributed by atoms with van der Waals surface area (Å²) < 4.78 is 37.8. The number of hydrogen-bond donors (Lipinski definition) is 1. The van der Waals surface area contributed by atoms with E-state index in [1.54, 1.807) is 0 Å². The molecule has 0 aliphatic heterocycles. The molecule has 1 N–H and O–H groups in total. The van der Waals surface area contributed by atoms with Crippen LogP contribution in [-0.2, 0) is 4.74 Å². The number of hydrogen-bond acceptors (Lipinski definition) is 3. The van der Waals surface area contributed by atoms with Crippen molar-refractivity contribution < 1.29 is 18.3 Å². The molecule has 18 heavy (non-hydrogen) atoms. The molecule has 0 bridgehead atoms. The van der Waals surface area contributed by atoms with E-state index in [0.29, 0.717) is 13.0 Å². The molecular formula is C13H17F2NO2. The maximum atomic E-state index is 13.4. The summed E-state index contributed by atoms with van der Waals surface area (Å²) in [6, 6.07) is 3.85. The number of rotatable bonds is 5. The van der Waals surface area contributed by atoms with Crippen LogP contribution in [0, 0.1) is 11.6 Å². The lowest BCUT2D eigenvalue weighted by atomic mass is 9.85. The molecule has 0 aromatic heterocycles. The van der Waals surface area contributed by atoms with Crippen LogP contribution in [0.3, 0.4) is 0 Å². The van der Waals surface area contributed by atoms with Crippen LogP contribution in [-0.4, -0.2) is 31.9 Å². The number of para-hydroxylation sites is 1. The molecule has 0 spiro atoms. The maximum Gasteiger partial charge on any atom is 0.191 e. The standard InChI is InChI=1S/C13H17F2NO2/c1-3-17-13-10(16-2)7-11(13)18-12-8(14)5-4-6-9(12)15/h4-6,10-11,13,16H,3,7H2,1-2H3. The van der Waals surface area contributed by atoms with Crippen LogP contribution >= 0.6 is 0 Å². The van der Waals surface area contributed by atoms with Crippen molar-refractivity contribution in [3.05, 3.63) is 29.8 Å². The highest BCUT2D eigenvalue weighted by Gasteiger charge is 2.43. The van der Waals surface area contributed by atoms with Crippen LogP contribution in [0.1, 0.15) is 13.3 Å². The Labute approximate surface area is 105 Å². The summed E-state index contributed by atoms with van der Waals surface area (Å²) in [6.45, 7) is 2.42. The summed E-state index contributed by atoms with van der Waals surface area (Å²) in [5, 5.41) is 3.09. The predicted octanol–water partition coefficient (Wildman–Crippen LogP) is 2.11. The Balaban J connectivity index is 2.06. The molecule has 1 aromatic carbocycles. The summed E-state index contributed by atoms with van der Waals surface area (Å²) >= 11 is 0. The first kappa shape index (κ1) is 13.2. The molecule has 0 amide bonds. The minimum Gasteiger partial charge on any atom is -0.481 e. The lowest BCUT2D eigenvalue weighted by molar-refractivity contribution is -0.104. The Morgan fingerprint density at radius 1 is 1.33 bits per heavy atom. The van der Waals surface area contributed by atoms with Crippen LogP contribution in [0.4, 0.5) is 8.78 Å². The van der Waals surface area contributed by atoms with Crippen molar-refractivity contribution in [1.29, 1.82) is 0 Å². The number of halogens is 2. The topological polar surface area (TPSA) is 30.5 Å². The Morgan fingerprint density at radius 2 is 2.00 bits per heavy atom. The van der Waals surface area contributed by atoms with E-state index in [1.807, 2.05) is 14.0 Å². The number of likely N-dealkylation sites (N-methyl/N-ethyl adjacent to an activating group) is 1. The quantitative estimate of drug-likeness (QED) is 0.876. The molecular weight excluding hydrogens is 240 g/mol. The molecule has 1 fully saturated rings. The molecule has 0 radical (unpaired) electrons. The van der Waals surface area contributed by atoms with Crippen LogP contribution < -0.4 is 10.1 Å². The minimum atomic E-state index is -0.682. The van der Waals surface area contributed by atoms with E-state index in [9.17, 15) is 8.78 Å². The molecule has 3 atom stereocenters. The zero-order chi connectivity index (χ0) is 13.1. The average Bonchev–Trinajstić information content (AvgIpc) is 2.34. The van der Waals surface area contributed by atoms with Gasteiger partial charge < -0.3 is 14.8 Å². The summed E-state index contributed by atoms with van der Waals surface area (Å²) in [6.07, 6.45) is 0.197. The maximum absolute atomic E-state index is 13.4. The lowest BCUT2D eigenvalue weighted by Gasteiger charge is -2.43. The fourth-order valence-electron chi connectivity index (χ4n) is 2.14. The van der Waals surface area contributed by atoms with E-state index in [2.05, 4.69) is 5.32 Å². The molecule has 1 aromatic rings. The second-order valence-electron chi connectivity index (χ2n) is 4.26. The molecule has 3 nitrogen and oxygen atoms in total. The van der Waals surface area contributed by atoms with Gasteiger partial charge in [-0.15, -0.1) is 0 Å². The Bertz CT molecular complexity index is 394. The van der Waals surface area contributed by atoms with Crippen molar-refractivity contribution in [2.45, 2.75) is 31.6 Å². The van der Waals surface area contributed by atoms with Gasteiger partial charge >= 0.3 is 0 Å². The Hall–Kier alpha value is -1.20. The summed E-state index contributed by atoms with van der Waals surface area (Å²) in [7, 11) is 1.83. The van der Waals surface area contributed by atoms with Crippen molar-refractivity contribution >= 4 is 0 Å². The summed E-state index contributed by atoms with van der Waals surface area (Å²) in [4.78, 5) is 0. The van der Waals surface area contributed by atoms with Crippen LogP contribution in [0.25, 0.3) is 0 Å². The Kier molecular flexibility index (Phi) is 4.14. The fraction of sp³-hybridized carbons (Fsp3) is 0.538. The summed E-state index contributed by atoms with van der Waals surface area (Å²) in [5.41, 5.74) is 0. The molecule has 0 heterocycles. The van der Waals surface area contributed by atoms with Gasteiger partial charge in [0.1, 0.15) is 12.2 Å². The van der Waals surface area contributed by atoms with Crippen LogP contribution in [0.2, 0.25) is 0 Å². The number of ether oxygens (including phenoxy) is 2. The van der Waals surface area contributed by atoms with Gasteiger partial charge in [0, 0.05) is 19.1 Å². The number of nitrogens with one attached hydrogen (secondary N) is 1. The largest absolute Gasteiger partial charge is 0.481 e. The molecule has 2 rings (SSSR count). The monoisotopic (exact) mass is 257 g/mol. The minimum absolute atomic E-state index is 0.168. The highest BCUT2D eigenvalue weighted by atomic mass is 19.1. The fourth-order valence-corrected chi connectivity index (χ4v) is 2.14. The van der Waals surface area contributed by atoms with E-state index >= 15 is 0 Å². The van der Waals surface area contributed by atoms with Gasteiger partial charge in [-0.05, 0) is 26.1 Å². The molecule has 1 aliphatic rings. The van der Waals surface area contributed by atoms with Crippen molar-refractivity contribution in [3.63, 3.8) is 0 Å². The van der Waals surface area contributed by atoms with Gasteiger partial charge in [0.15, 0.2) is 17.4 Å². The second-order valence-corrected chi connectivity index (χ2v) is 4.26. The van der Waals surface area contributed by atoms with Gasteiger partial charge in [0.05, 0.1) is 0 Å². The van der Waals surface area contributed by atoms with Crippen LogP contribution in [0.15, 0.2) is 18.2 Å². The zero-order valence-corrected chi connectivity index (χ0v) is 10.5. The first-order valence-corrected chi connectivity index (χ1v) is 6.07. The van der Waals surface area contributed by atoms with Crippen molar-refractivity contribution in [1.82, 2.24) is 5.32 Å². The van der Waals surface area contributed by atoms with Crippen molar-refractivity contribution in [2.75, 3.05) is 13.7 Å². The molecule has 3 unspecified atom stereocenters. The second kappa shape index (κ2) is 5.63. The van der Waals surface area contributed by atoms with Gasteiger partial charge in [0.25, 0.3) is 0 Å². The van der Waals surface area contributed by atoms with E-state index in [1.165, 1.54) is 18.2 Å². The van der Waals surface area contributed by atoms with E-state index in [4.69, 9.17) is 9.47 Å². The van der Waals surface area contributed by atoms with Gasteiger partial charge in [0.2, 0.25) is 0 Å². The highest BCUT2D eigenvalue weighted by molar-refractivity contribution is 5.27. The van der Waals surface area contributed by atoms with E-state index in [0.717, 1.165) is 0 Å². The molecule has 100 valence electrons. The third-order valence-corrected chi connectivity index (χ3v) is 3.17. The number of benzene rings is 1. The van der Waals surface area contributed by atoms with Gasteiger partial charge in [-0.2, -0.15) is 0 Å². The first-order chi connectivity index (χ1) is 8.67. The Morgan fingerprint density at radius 3 is 2.56 bits per heavy atom. The predicted molar refractivity (Wildman–Crippen MR) is 63.7 cm³/mol. The summed E-state index contributed by atoms with van der Waals surface area (Å²) in [5.74, 6) is -1.68. The highest BCUT2D eigenvalue weighted by Crippen LogP contribution is 2.31. The third-order valence-electron chi connectivity index (χ3n) is 3.17. The van der Waals surface area contributed by atoms with Crippen molar-refractivity contribution in [2.24, 2.45) is 0 Å². The molecule has 1 saturated carbocycles. The lowest BCUT2D eigenvalue weighted by Crippen LogP contribution is -2.60. The molecule has 5 heteroatoms. The SMILES string of the molecule is CCOC1C(NC)CC1Oc1c(F)cccc1F. The zero-order valence-electron chi connectivity index (χ0n) is 10.5. The normalized spacial score (nSPS) is 26.8.